The molecule has 0 fully saturated rings. The molecular weight excluding hydrogens is 428 g/mol. The van der Waals surface area contributed by atoms with Crippen LogP contribution in [0.4, 0.5) is 0 Å². The van der Waals surface area contributed by atoms with Crippen molar-refractivity contribution in [1.82, 2.24) is 20.1 Å². The predicted molar refractivity (Wildman–Crippen MR) is 126 cm³/mol. The van der Waals surface area contributed by atoms with Gasteiger partial charge in [0.1, 0.15) is 12.4 Å². The summed E-state index contributed by atoms with van der Waals surface area (Å²) in [5.41, 5.74) is 1.28. The third kappa shape index (κ3) is 6.83. The quantitative estimate of drug-likeness (QED) is 0.413. The van der Waals surface area contributed by atoms with Gasteiger partial charge >= 0.3 is 0 Å². The Morgan fingerprint density at radius 1 is 1.19 bits per heavy atom. The predicted octanol–water partition coefficient (Wildman–Crippen LogP) is 4.93. The van der Waals surface area contributed by atoms with Gasteiger partial charge in [0, 0.05) is 11.4 Å². The molecule has 0 aliphatic rings. The van der Waals surface area contributed by atoms with Crippen LogP contribution in [-0.4, -0.2) is 25.9 Å². The van der Waals surface area contributed by atoms with Crippen LogP contribution in [0, 0.1) is 5.92 Å². The first kappa shape index (κ1) is 23.3. The number of nitrogens with one attached hydrogen (secondary N) is 1. The molecule has 0 aliphatic heterocycles. The summed E-state index contributed by atoms with van der Waals surface area (Å²) in [6.07, 6.45) is 1.00. The summed E-state index contributed by atoms with van der Waals surface area (Å²) in [5.74, 6) is 1.99. The minimum absolute atomic E-state index is 0.00805. The molecule has 1 N–H and O–H groups in total. The molecule has 166 valence electrons. The topological polar surface area (TPSA) is 69.0 Å². The molecule has 1 aromatic carbocycles. The number of amides is 1. The summed E-state index contributed by atoms with van der Waals surface area (Å²) in [7, 11) is 0. The first-order valence-electron chi connectivity index (χ1n) is 10.6. The fourth-order valence-corrected chi connectivity index (χ4v) is 4.52. The largest absolute Gasteiger partial charge is 0.486 e. The van der Waals surface area contributed by atoms with Crippen LogP contribution >= 0.6 is 23.1 Å². The molecule has 0 spiro atoms. The number of benzene rings is 1. The Bertz CT molecular complexity index is 953. The van der Waals surface area contributed by atoms with Gasteiger partial charge in [0.05, 0.1) is 11.8 Å². The molecule has 0 saturated carbocycles. The van der Waals surface area contributed by atoms with Gasteiger partial charge in [-0.3, -0.25) is 4.79 Å². The van der Waals surface area contributed by atoms with Crippen molar-refractivity contribution in [3.8, 4) is 5.75 Å². The average molecular weight is 459 g/mol. The molecular formula is C23H30N4O2S2. The Morgan fingerprint density at radius 3 is 2.61 bits per heavy atom. The number of rotatable bonds is 11. The van der Waals surface area contributed by atoms with Crippen LogP contribution < -0.4 is 10.1 Å². The lowest BCUT2D eigenvalue weighted by atomic mass is 10.2. The number of nitrogens with zero attached hydrogens (tertiary/aromatic N) is 3. The highest BCUT2D eigenvalue weighted by Crippen LogP contribution is 2.24. The van der Waals surface area contributed by atoms with Crippen molar-refractivity contribution in [1.29, 1.82) is 0 Å². The van der Waals surface area contributed by atoms with Crippen molar-refractivity contribution in [2.45, 2.75) is 64.2 Å². The van der Waals surface area contributed by atoms with E-state index in [-0.39, 0.29) is 11.2 Å². The average Bonchev–Trinajstić information content (AvgIpc) is 3.41. The molecule has 2 aromatic heterocycles. The molecule has 1 amide bonds. The zero-order chi connectivity index (χ0) is 22.2. The van der Waals surface area contributed by atoms with Crippen LogP contribution in [0.25, 0.3) is 0 Å². The number of carbonyl (C=O) groups is 1. The zero-order valence-electron chi connectivity index (χ0n) is 18.5. The lowest BCUT2D eigenvalue weighted by molar-refractivity contribution is -0.120. The van der Waals surface area contributed by atoms with Gasteiger partial charge in [-0.2, -0.15) is 0 Å². The fourth-order valence-electron chi connectivity index (χ4n) is 2.97. The molecule has 8 heteroatoms. The molecule has 6 nitrogen and oxygen atoms in total. The summed E-state index contributed by atoms with van der Waals surface area (Å²) in [4.78, 5) is 13.7. The van der Waals surface area contributed by atoms with E-state index in [1.54, 1.807) is 11.3 Å². The van der Waals surface area contributed by atoms with Crippen LogP contribution in [0.15, 0.2) is 46.9 Å². The summed E-state index contributed by atoms with van der Waals surface area (Å²) < 4.78 is 8.02. The Morgan fingerprint density at radius 2 is 1.97 bits per heavy atom. The second kappa shape index (κ2) is 11.3. The van der Waals surface area contributed by atoms with Gasteiger partial charge in [-0.25, -0.2) is 0 Å². The number of aromatic nitrogens is 3. The van der Waals surface area contributed by atoms with Crippen molar-refractivity contribution in [3.63, 3.8) is 0 Å². The van der Waals surface area contributed by atoms with E-state index in [1.807, 2.05) is 36.6 Å². The van der Waals surface area contributed by atoms with Gasteiger partial charge in [0.15, 0.2) is 11.0 Å². The van der Waals surface area contributed by atoms with Gasteiger partial charge in [0.25, 0.3) is 0 Å². The molecule has 0 bridgehead atoms. The van der Waals surface area contributed by atoms with E-state index in [4.69, 9.17) is 4.74 Å². The number of thioether (sulfide) groups is 1. The molecule has 0 saturated heterocycles. The molecule has 31 heavy (non-hydrogen) atoms. The smallest absolute Gasteiger partial charge is 0.233 e. The highest BCUT2D eigenvalue weighted by molar-refractivity contribution is 8.00. The van der Waals surface area contributed by atoms with Gasteiger partial charge < -0.3 is 14.6 Å². The summed E-state index contributed by atoms with van der Waals surface area (Å²) in [6.45, 7) is 9.99. The van der Waals surface area contributed by atoms with Gasteiger partial charge in [-0.15, -0.1) is 21.5 Å². The number of thiophene rings is 1. The van der Waals surface area contributed by atoms with Crippen molar-refractivity contribution >= 4 is 29.0 Å². The van der Waals surface area contributed by atoms with Crippen molar-refractivity contribution in [2.75, 3.05) is 0 Å². The third-order valence-corrected chi connectivity index (χ3v) is 6.67. The maximum Gasteiger partial charge on any atom is 0.233 e. The first-order valence-corrected chi connectivity index (χ1v) is 12.3. The van der Waals surface area contributed by atoms with E-state index >= 15 is 0 Å². The molecule has 1 unspecified atom stereocenters. The molecule has 0 radical (unpaired) electrons. The fraction of sp³-hybridized carbons (Fsp3) is 0.435. The molecule has 3 aromatic rings. The second-order valence-corrected chi connectivity index (χ2v) is 10.1. The molecule has 2 heterocycles. The zero-order valence-corrected chi connectivity index (χ0v) is 20.1. The van der Waals surface area contributed by atoms with E-state index in [2.05, 4.69) is 53.0 Å². The minimum Gasteiger partial charge on any atom is -0.486 e. The number of ether oxygens (including phenoxy) is 1. The summed E-state index contributed by atoms with van der Waals surface area (Å²) in [5, 5.41) is 14.2. The van der Waals surface area contributed by atoms with Crippen LogP contribution in [0.2, 0.25) is 0 Å². The van der Waals surface area contributed by atoms with Gasteiger partial charge in [-0.1, -0.05) is 50.7 Å². The first-order chi connectivity index (χ1) is 15.0. The van der Waals surface area contributed by atoms with E-state index in [0.717, 1.165) is 34.6 Å². The third-order valence-electron chi connectivity index (χ3n) is 4.71. The highest BCUT2D eigenvalue weighted by Gasteiger charge is 2.21. The van der Waals surface area contributed by atoms with Crippen LogP contribution in [0.5, 0.6) is 5.75 Å². The standard InChI is InChI=1S/C23H30N4O2S2/c1-5-18-8-10-19(11-9-18)29-15-21-25-26-23(27(21)14-16(2)3)31-17(4)22(28)24-13-20-7-6-12-30-20/h6-12,16-17H,5,13-15H2,1-4H3,(H,24,28). The van der Waals surface area contributed by atoms with E-state index in [9.17, 15) is 4.79 Å². The van der Waals surface area contributed by atoms with Crippen LogP contribution in [0.3, 0.4) is 0 Å². The molecule has 3 rings (SSSR count). The second-order valence-electron chi connectivity index (χ2n) is 7.75. The Balaban J connectivity index is 1.63. The molecule has 1 atom stereocenters. The number of carbonyl (C=O) groups excluding carboxylic acids is 1. The van der Waals surface area contributed by atoms with Crippen molar-refractivity contribution in [2.24, 2.45) is 5.92 Å². The maximum atomic E-state index is 12.5. The Hall–Kier alpha value is -2.32. The highest BCUT2D eigenvalue weighted by atomic mass is 32.2. The van der Waals surface area contributed by atoms with Gasteiger partial charge in [-0.05, 0) is 48.4 Å². The van der Waals surface area contributed by atoms with E-state index in [0.29, 0.717) is 19.1 Å². The lowest BCUT2D eigenvalue weighted by Gasteiger charge is -2.15. The number of hydrogen-bond donors (Lipinski definition) is 1. The SMILES string of the molecule is CCc1ccc(OCc2nnc(SC(C)C(=O)NCc3cccs3)n2CC(C)C)cc1. The van der Waals surface area contributed by atoms with Crippen LogP contribution in [0.1, 0.15) is 44.0 Å². The monoisotopic (exact) mass is 458 g/mol. The lowest BCUT2D eigenvalue weighted by Crippen LogP contribution is -2.30. The van der Waals surface area contributed by atoms with E-state index in [1.165, 1.54) is 17.3 Å². The van der Waals surface area contributed by atoms with Crippen molar-refractivity contribution in [3.05, 3.63) is 58.0 Å². The minimum atomic E-state index is -0.273. The summed E-state index contributed by atoms with van der Waals surface area (Å²) >= 11 is 3.07. The van der Waals surface area contributed by atoms with Crippen LogP contribution in [-0.2, 0) is 30.9 Å². The molecule has 0 aliphatic carbocycles. The normalized spacial score (nSPS) is 12.2. The van der Waals surface area contributed by atoms with Gasteiger partial charge in [0.2, 0.25) is 5.91 Å². The number of hydrogen-bond acceptors (Lipinski definition) is 6. The maximum absolute atomic E-state index is 12.5. The number of aryl methyl sites for hydroxylation is 1. The van der Waals surface area contributed by atoms with Crippen molar-refractivity contribution < 1.29 is 9.53 Å². The Labute approximate surface area is 192 Å². The van der Waals surface area contributed by atoms with E-state index < -0.39 is 0 Å². The Kier molecular flexibility index (Phi) is 8.54. The summed E-state index contributed by atoms with van der Waals surface area (Å²) in [6, 6.07) is 12.1.